The molecule has 96 valence electrons. The number of hydrogen-bond donors (Lipinski definition) is 1. The molecule has 4 nitrogen and oxygen atoms in total. The second kappa shape index (κ2) is 5.31. The smallest absolute Gasteiger partial charge is 0.0738 e. The third kappa shape index (κ3) is 2.76. The van der Waals surface area contributed by atoms with E-state index in [2.05, 4.69) is 54.6 Å². The topological polar surface area (TPSA) is 42.7 Å². The number of hydrogen-bond acceptors (Lipinski definition) is 3. The van der Waals surface area contributed by atoms with Crippen molar-refractivity contribution in [3.8, 4) is 0 Å². The Bertz CT molecular complexity index is 530. The van der Waals surface area contributed by atoms with E-state index in [9.17, 15) is 0 Å². The molecule has 1 N–H and O–H groups in total. The molecule has 1 heterocycles. The highest BCUT2D eigenvalue weighted by atomic mass is 15.4. The number of aryl methyl sites for hydroxylation is 3. The minimum Gasteiger partial charge on any atom is -0.305 e. The molecule has 0 aliphatic rings. The zero-order valence-corrected chi connectivity index (χ0v) is 11.4. The average Bonchev–Trinajstić information content (AvgIpc) is 2.72. The van der Waals surface area contributed by atoms with Crippen LogP contribution in [0.2, 0.25) is 0 Å². The molecule has 1 atom stereocenters. The van der Waals surface area contributed by atoms with E-state index in [-0.39, 0.29) is 0 Å². The lowest BCUT2D eigenvalue weighted by Gasteiger charge is -2.17. The van der Waals surface area contributed by atoms with Crippen molar-refractivity contribution in [1.29, 1.82) is 0 Å². The van der Waals surface area contributed by atoms with Crippen molar-refractivity contribution < 1.29 is 0 Å². The van der Waals surface area contributed by atoms with Gasteiger partial charge in [-0.3, -0.25) is 4.68 Å². The van der Waals surface area contributed by atoms with E-state index in [4.69, 9.17) is 0 Å². The Hall–Kier alpha value is -1.68. The quantitative estimate of drug-likeness (QED) is 0.897. The van der Waals surface area contributed by atoms with E-state index in [1.165, 1.54) is 16.7 Å². The number of benzene rings is 1. The summed E-state index contributed by atoms with van der Waals surface area (Å²) in [4.78, 5) is 0. The summed E-state index contributed by atoms with van der Waals surface area (Å²) in [6, 6.07) is 6.90. The van der Waals surface area contributed by atoms with Crippen LogP contribution in [-0.2, 0) is 13.6 Å². The summed E-state index contributed by atoms with van der Waals surface area (Å²) in [5.74, 6) is 0. The Kier molecular flexibility index (Phi) is 3.77. The van der Waals surface area contributed by atoms with Gasteiger partial charge in [-0.2, -0.15) is 0 Å². The molecule has 0 bridgehead atoms. The van der Waals surface area contributed by atoms with E-state index in [1.807, 2.05) is 7.05 Å². The van der Waals surface area contributed by atoms with Crippen molar-refractivity contribution in [1.82, 2.24) is 20.3 Å². The van der Waals surface area contributed by atoms with Crippen molar-refractivity contribution in [2.75, 3.05) is 0 Å². The van der Waals surface area contributed by atoms with Crippen LogP contribution in [0.1, 0.15) is 35.3 Å². The molecule has 0 saturated carbocycles. The first kappa shape index (κ1) is 12.8. The molecule has 1 aromatic heterocycles. The van der Waals surface area contributed by atoms with Crippen LogP contribution < -0.4 is 5.32 Å². The normalized spacial score (nSPS) is 12.7. The van der Waals surface area contributed by atoms with E-state index >= 15 is 0 Å². The first-order chi connectivity index (χ1) is 8.58. The summed E-state index contributed by atoms with van der Waals surface area (Å²) >= 11 is 0. The SMILES string of the molecule is Cc1ccc(C(C)NCc2cnnn2C)c(C)c1. The molecule has 2 rings (SSSR count). The van der Waals surface area contributed by atoms with Crippen LogP contribution in [0.25, 0.3) is 0 Å². The van der Waals surface area contributed by atoms with Crippen molar-refractivity contribution in [3.05, 3.63) is 46.8 Å². The van der Waals surface area contributed by atoms with Crippen molar-refractivity contribution in [3.63, 3.8) is 0 Å². The maximum atomic E-state index is 3.92. The van der Waals surface area contributed by atoms with Gasteiger partial charge in [0.05, 0.1) is 11.9 Å². The molecule has 0 aliphatic carbocycles. The van der Waals surface area contributed by atoms with Gasteiger partial charge >= 0.3 is 0 Å². The maximum Gasteiger partial charge on any atom is 0.0738 e. The van der Waals surface area contributed by atoms with Crippen LogP contribution in [0.4, 0.5) is 0 Å². The van der Waals surface area contributed by atoms with E-state index in [1.54, 1.807) is 10.9 Å². The second-order valence-electron chi connectivity index (χ2n) is 4.81. The van der Waals surface area contributed by atoms with Crippen LogP contribution >= 0.6 is 0 Å². The number of nitrogens with zero attached hydrogens (tertiary/aromatic N) is 3. The minimum absolute atomic E-state index is 0.320. The maximum absolute atomic E-state index is 3.92. The van der Waals surface area contributed by atoms with Gasteiger partial charge in [0.25, 0.3) is 0 Å². The van der Waals surface area contributed by atoms with E-state index < -0.39 is 0 Å². The lowest BCUT2D eigenvalue weighted by atomic mass is 10.0. The minimum atomic E-state index is 0.320. The Labute approximate surface area is 108 Å². The van der Waals surface area contributed by atoms with E-state index in [0.29, 0.717) is 6.04 Å². The molecule has 1 aromatic carbocycles. The standard InChI is InChI=1S/C14H20N4/c1-10-5-6-14(11(2)7-10)12(3)15-8-13-9-16-17-18(13)4/h5-7,9,12,15H,8H2,1-4H3. The molecular formula is C14H20N4. The molecule has 1 unspecified atom stereocenters. The Balaban J connectivity index is 2.03. The summed E-state index contributed by atoms with van der Waals surface area (Å²) in [7, 11) is 1.91. The van der Waals surface area contributed by atoms with Crippen LogP contribution in [0.5, 0.6) is 0 Å². The first-order valence-corrected chi connectivity index (χ1v) is 6.22. The van der Waals surface area contributed by atoms with Gasteiger partial charge in [-0.05, 0) is 31.9 Å². The second-order valence-corrected chi connectivity index (χ2v) is 4.81. The third-order valence-electron chi connectivity index (χ3n) is 3.29. The van der Waals surface area contributed by atoms with Gasteiger partial charge in [-0.15, -0.1) is 5.10 Å². The fourth-order valence-corrected chi connectivity index (χ4v) is 2.15. The molecule has 0 spiro atoms. The zero-order valence-electron chi connectivity index (χ0n) is 11.4. The molecule has 0 amide bonds. The molecule has 0 saturated heterocycles. The zero-order chi connectivity index (χ0) is 13.1. The first-order valence-electron chi connectivity index (χ1n) is 6.22. The van der Waals surface area contributed by atoms with Gasteiger partial charge in [0.15, 0.2) is 0 Å². The predicted octanol–water partition coefficient (Wildman–Crippen LogP) is 2.28. The largest absolute Gasteiger partial charge is 0.305 e. The third-order valence-corrected chi connectivity index (χ3v) is 3.29. The molecule has 2 aromatic rings. The molecule has 18 heavy (non-hydrogen) atoms. The van der Waals surface area contributed by atoms with Crippen LogP contribution in [-0.4, -0.2) is 15.0 Å². The Morgan fingerprint density at radius 3 is 2.72 bits per heavy atom. The molecule has 4 heteroatoms. The lowest BCUT2D eigenvalue weighted by Crippen LogP contribution is -2.20. The average molecular weight is 244 g/mol. The highest BCUT2D eigenvalue weighted by Gasteiger charge is 2.09. The van der Waals surface area contributed by atoms with Gasteiger partial charge in [0.2, 0.25) is 0 Å². The lowest BCUT2D eigenvalue weighted by molar-refractivity contribution is 0.544. The van der Waals surface area contributed by atoms with Gasteiger partial charge in [-0.25, -0.2) is 0 Å². The highest BCUT2D eigenvalue weighted by molar-refractivity contribution is 5.32. The Morgan fingerprint density at radius 1 is 1.33 bits per heavy atom. The Morgan fingerprint density at radius 2 is 2.11 bits per heavy atom. The molecule has 0 radical (unpaired) electrons. The molecule has 0 fully saturated rings. The predicted molar refractivity (Wildman–Crippen MR) is 72.2 cm³/mol. The monoisotopic (exact) mass is 244 g/mol. The number of aromatic nitrogens is 3. The van der Waals surface area contributed by atoms with Gasteiger partial charge in [0, 0.05) is 19.6 Å². The summed E-state index contributed by atoms with van der Waals surface area (Å²) in [6.07, 6.45) is 1.79. The van der Waals surface area contributed by atoms with Crippen LogP contribution in [0.3, 0.4) is 0 Å². The van der Waals surface area contributed by atoms with Gasteiger partial charge in [0.1, 0.15) is 0 Å². The fourth-order valence-electron chi connectivity index (χ4n) is 2.15. The van der Waals surface area contributed by atoms with E-state index in [0.717, 1.165) is 12.2 Å². The summed E-state index contributed by atoms with van der Waals surface area (Å²) < 4.78 is 1.79. The van der Waals surface area contributed by atoms with Gasteiger partial charge in [-0.1, -0.05) is 29.0 Å². The van der Waals surface area contributed by atoms with Gasteiger partial charge < -0.3 is 5.32 Å². The van der Waals surface area contributed by atoms with Crippen molar-refractivity contribution in [2.24, 2.45) is 7.05 Å². The van der Waals surface area contributed by atoms with Crippen molar-refractivity contribution in [2.45, 2.75) is 33.4 Å². The summed E-state index contributed by atoms with van der Waals surface area (Å²) in [5, 5.41) is 11.3. The highest BCUT2D eigenvalue weighted by Crippen LogP contribution is 2.18. The van der Waals surface area contributed by atoms with Crippen molar-refractivity contribution >= 4 is 0 Å². The summed E-state index contributed by atoms with van der Waals surface area (Å²) in [6.45, 7) is 7.24. The fraction of sp³-hybridized carbons (Fsp3) is 0.429. The molecule has 0 aliphatic heterocycles. The number of rotatable bonds is 4. The number of nitrogens with one attached hydrogen (secondary N) is 1. The molecular weight excluding hydrogens is 224 g/mol. The van der Waals surface area contributed by atoms with Crippen LogP contribution in [0, 0.1) is 13.8 Å². The van der Waals surface area contributed by atoms with Crippen LogP contribution in [0.15, 0.2) is 24.4 Å². The summed E-state index contributed by atoms with van der Waals surface area (Å²) in [5.41, 5.74) is 5.07.